The third-order valence-corrected chi connectivity index (χ3v) is 8.27. The van der Waals surface area contributed by atoms with Crippen LogP contribution in [-0.2, 0) is 21.3 Å². The zero-order chi connectivity index (χ0) is 19.1. The van der Waals surface area contributed by atoms with Gasteiger partial charge in [-0.3, -0.25) is 4.90 Å². The van der Waals surface area contributed by atoms with Crippen LogP contribution in [0.1, 0.15) is 49.7 Å². The topological polar surface area (TPSA) is 58.6 Å². The highest BCUT2D eigenvalue weighted by molar-refractivity contribution is 7.90. The predicted molar refractivity (Wildman–Crippen MR) is 102 cm³/mol. The maximum atomic E-state index is 13.5. The molecule has 0 aromatic heterocycles. The molecule has 2 aliphatic heterocycles. The van der Waals surface area contributed by atoms with E-state index in [4.69, 9.17) is 4.74 Å². The fourth-order valence-corrected chi connectivity index (χ4v) is 5.97. The van der Waals surface area contributed by atoms with Crippen LogP contribution in [0.4, 0.5) is 4.39 Å². The number of hydrogen-bond donors (Lipinski definition) is 1. The van der Waals surface area contributed by atoms with Crippen molar-refractivity contribution in [2.75, 3.05) is 19.7 Å². The number of hydrogen-bond acceptors (Lipinski definition) is 4. The van der Waals surface area contributed by atoms with Crippen LogP contribution in [0.5, 0.6) is 0 Å². The van der Waals surface area contributed by atoms with E-state index in [2.05, 4.69) is 9.62 Å². The summed E-state index contributed by atoms with van der Waals surface area (Å²) in [5.41, 5.74) is 1.92. The molecule has 0 bridgehead atoms. The predicted octanol–water partition coefficient (Wildman–Crippen LogP) is 2.73. The molecule has 1 saturated carbocycles. The number of piperidine rings is 1. The van der Waals surface area contributed by atoms with Crippen LogP contribution in [0.2, 0.25) is 0 Å². The van der Waals surface area contributed by atoms with Gasteiger partial charge in [0.05, 0.1) is 10.9 Å². The van der Waals surface area contributed by atoms with Crippen molar-refractivity contribution in [3.8, 4) is 0 Å². The Morgan fingerprint density at radius 3 is 2.70 bits per heavy atom. The van der Waals surface area contributed by atoms with Crippen LogP contribution < -0.4 is 4.72 Å². The maximum absolute atomic E-state index is 13.5. The van der Waals surface area contributed by atoms with Crippen LogP contribution in [0.15, 0.2) is 18.2 Å². The highest BCUT2D eigenvalue weighted by Gasteiger charge is 2.43. The molecular weight excluding hydrogens is 367 g/mol. The summed E-state index contributed by atoms with van der Waals surface area (Å²) in [5, 5.41) is -0.173. The smallest absolute Gasteiger partial charge is 0.214 e. The van der Waals surface area contributed by atoms with Crippen LogP contribution in [0.3, 0.4) is 0 Å². The quantitative estimate of drug-likeness (QED) is 0.831. The average Bonchev–Trinajstić information content (AvgIpc) is 3.46. The van der Waals surface area contributed by atoms with E-state index in [0.29, 0.717) is 6.61 Å². The number of halogens is 1. The van der Waals surface area contributed by atoms with Crippen LogP contribution in [-0.4, -0.2) is 49.9 Å². The van der Waals surface area contributed by atoms with E-state index in [1.165, 1.54) is 6.07 Å². The summed E-state index contributed by atoms with van der Waals surface area (Å²) in [6.07, 6.45) is 4.87. The molecule has 0 amide bonds. The Kier molecular flexibility index (Phi) is 5.31. The third-order valence-electron chi connectivity index (χ3n) is 6.26. The lowest BCUT2D eigenvalue weighted by molar-refractivity contribution is -0.118. The summed E-state index contributed by atoms with van der Waals surface area (Å²) in [6, 6.07) is 4.94. The second kappa shape index (κ2) is 7.43. The first-order chi connectivity index (χ1) is 12.9. The zero-order valence-corrected chi connectivity index (χ0v) is 16.7. The lowest BCUT2D eigenvalue weighted by Crippen LogP contribution is -2.53. The van der Waals surface area contributed by atoms with Gasteiger partial charge in [-0.2, -0.15) is 0 Å². The van der Waals surface area contributed by atoms with E-state index in [0.717, 1.165) is 69.3 Å². The van der Waals surface area contributed by atoms with Crippen molar-refractivity contribution >= 4 is 10.0 Å². The molecule has 1 unspecified atom stereocenters. The van der Waals surface area contributed by atoms with Gasteiger partial charge in [0.15, 0.2) is 0 Å². The minimum atomic E-state index is -3.15. The number of aryl methyl sites for hydroxylation is 1. The molecule has 5 nitrogen and oxygen atoms in total. The van der Waals surface area contributed by atoms with Crippen LogP contribution >= 0.6 is 0 Å². The van der Waals surface area contributed by atoms with E-state index in [9.17, 15) is 12.8 Å². The van der Waals surface area contributed by atoms with Crippen molar-refractivity contribution in [3.63, 3.8) is 0 Å². The number of benzene rings is 1. The average molecular weight is 397 g/mol. The lowest BCUT2D eigenvalue weighted by Gasteiger charge is -2.46. The molecule has 1 N–H and O–H groups in total. The Morgan fingerprint density at radius 2 is 2.00 bits per heavy atom. The second-order valence-electron chi connectivity index (χ2n) is 8.43. The molecule has 1 spiro atoms. The number of likely N-dealkylation sites (tertiary alicyclic amines) is 1. The minimum Gasteiger partial charge on any atom is -0.375 e. The molecule has 4 rings (SSSR count). The molecule has 3 aliphatic rings. The number of ether oxygens (including phenoxy) is 1. The van der Waals surface area contributed by atoms with Crippen molar-refractivity contribution in [1.82, 2.24) is 9.62 Å². The summed E-state index contributed by atoms with van der Waals surface area (Å²) in [4.78, 5) is 2.34. The molecule has 1 aromatic carbocycles. The van der Waals surface area contributed by atoms with Crippen molar-refractivity contribution in [2.24, 2.45) is 0 Å². The van der Waals surface area contributed by atoms with Gasteiger partial charge in [-0.1, -0.05) is 6.07 Å². The summed E-state index contributed by atoms with van der Waals surface area (Å²) >= 11 is 0. The Morgan fingerprint density at radius 1 is 1.26 bits per heavy atom. The molecular formula is C20H29FN2O3S. The summed E-state index contributed by atoms with van der Waals surface area (Å²) in [6.45, 7) is 5.15. The van der Waals surface area contributed by atoms with Gasteiger partial charge in [0.25, 0.3) is 0 Å². The monoisotopic (exact) mass is 396 g/mol. The first-order valence-electron chi connectivity index (χ1n) is 9.98. The molecule has 1 aliphatic carbocycles. The van der Waals surface area contributed by atoms with Crippen molar-refractivity contribution < 1.29 is 17.5 Å². The number of nitrogens with one attached hydrogen (secondary N) is 1. The fourth-order valence-electron chi connectivity index (χ4n) is 4.35. The maximum Gasteiger partial charge on any atom is 0.214 e. The van der Waals surface area contributed by atoms with E-state index >= 15 is 0 Å². The van der Waals surface area contributed by atoms with E-state index in [1.807, 2.05) is 13.0 Å². The molecule has 1 atom stereocenters. The van der Waals surface area contributed by atoms with Gasteiger partial charge in [-0.15, -0.1) is 0 Å². The van der Waals surface area contributed by atoms with Crippen molar-refractivity contribution in [3.05, 3.63) is 35.1 Å². The Bertz CT molecular complexity index is 786. The third kappa shape index (κ3) is 4.53. The molecule has 2 heterocycles. The molecule has 3 fully saturated rings. The highest BCUT2D eigenvalue weighted by atomic mass is 32.2. The van der Waals surface area contributed by atoms with Crippen molar-refractivity contribution in [2.45, 2.75) is 68.9 Å². The zero-order valence-electron chi connectivity index (χ0n) is 15.9. The molecule has 0 radical (unpaired) electrons. The molecule has 7 heteroatoms. The molecule has 150 valence electrons. The number of nitrogens with zero attached hydrogens (tertiary/aromatic N) is 1. The molecule has 1 aromatic rings. The van der Waals surface area contributed by atoms with Crippen molar-refractivity contribution in [1.29, 1.82) is 0 Å². The SMILES string of the molecule is Cc1ccc(F)cc1CN1CCC2(CC1)CC(NS(=O)(=O)C1CC1)CCO2. The van der Waals surface area contributed by atoms with Gasteiger partial charge in [-0.25, -0.2) is 17.5 Å². The molecule has 2 saturated heterocycles. The van der Waals surface area contributed by atoms with Crippen LogP contribution in [0, 0.1) is 12.7 Å². The van der Waals surface area contributed by atoms with Gasteiger partial charge in [-0.05, 0) is 68.7 Å². The van der Waals surface area contributed by atoms with Crippen LogP contribution in [0.25, 0.3) is 0 Å². The van der Waals surface area contributed by atoms with Gasteiger partial charge in [0.2, 0.25) is 10.0 Å². The highest BCUT2D eigenvalue weighted by Crippen LogP contribution is 2.36. The summed E-state index contributed by atoms with van der Waals surface area (Å²) in [5.74, 6) is -0.189. The Balaban J connectivity index is 1.34. The number of rotatable bonds is 5. The van der Waals surface area contributed by atoms with Gasteiger partial charge >= 0.3 is 0 Å². The summed E-state index contributed by atoms with van der Waals surface area (Å²) in [7, 11) is -3.15. The normalized spacial score (nSPS) is 26.4. The first-order valence-corrected chi connectivity index (χ1v) is 11.5. The summed E-state index contributed by atoms with van der Waals surface area (Å²) < 4.78 is 47.1. The lowest BCUT2D eigenvalue weighted by atomic mass is 9.82. The van der Waals surface area contributed by atoms with Gasteiger partial charge in [0, 0.05) is 32.3 Å². The van der Waals surface area contributed by atoms with Gasteiger partial charge < -0.3 is 4.74 Å². The van der Waals surface area contributed by atoms with E-state index in [-0.39, 0.29) is 22.7 Å². The fraction of sp³-hybridized carbons (Fsp3) is 0.700. The standard InChI is InChI=1S/C20H29FN2O3S/c1-15-2-3-17(21)12-16(15)14-23-9-7-20(8-10-23)13-18(6-11-26-20)22-27(24,25)19-4-5-19/h2-3,12,18-19,22H,4-11,13-14H2,1H3. The second-order valence-corrected chi connectivity index (χ2v) is 10.4. The minimum absolute atomic E-state index is 0.0126. The largest absolute Gasteiger partial charge is 0.375 e. The van der Waals surface area contributed by atoms with E-state index < -0.39 is 10.0 Å². The van der Waals surface area contributed by atoms with E-state index in [1.54, 1.807) is 6.07 Å². The van der Waals surface area contributed by atoms with Gasteiger partial charge in [0.1, 0.15) is 5.82 Å². The Hall–Kier alpha value is -1.02. The molecule has 27 heavy (non-hydrogen) atoms. The number of sulfonamides is 1. The first kappa shape index (κ1) is 19.3. The Labute approximate surface area is 161 Å².